The largest absolute Gasteiger partial charge is 0.573 e. The molecule has 0 saturated carbocycles. The number of methoxy groups -OCH3 is 1. The maximum Gasteiger partial charge on any atom is 0.573 e. The van der Waals surface area contributed by atoms with Gasteiger partial charge in [0.2, 0.25) is 11.8 Å². The Labute approximate surface area is 149 Å². The number of alkyl halides is 3. The van der Waals surface area contributed by atoms with Crippen molar-refractivity contribution in [1.82, 2.24) is 10.2 Å². The molecule has 1 atom stereocenters. The molecule has 1 aliphatic rings. The van der Waals surface area contributed by atoms with E-state index in [1.807, 2.05) is 0 Å². The van der Waals surface area contributed by atoms with Crippen LogP contribution in [0.15, 0.2) is 24.3 Å². The molecule has 26 heavy (non-hydrogen) atoms. The molecule has 1 fully saturated rings. The van der Waals surface area contributed by atoms with Crippen LogP contribution in [0.3, 0.4) is 0 Å². The van der Waals surface area contributed by atoms with E-state index < -0.39 is 6.36 Å². The molecule has 1 aliphatic heterocycles. The third-order valence-electron chi connectivity index (χ3n) is 4.06. The van der Waals surface area contributed by atoms with Crippen molar-refractivity contribution in [2.75, 3.05) is 26.8 Å². The number of benzene rings is 1. The van der Waals surface area contributed by atoms with Crippen molar-refractivity contribution in [1.29, 1.82) is 0 Å². The highest BCUT2D eigenvalue weighted by Gasteiger charge is 2.31. The maximum absolute atomic E-state index is 12.3. The van der Waals surface area contributed by atoms with Gasteiger partial charge in [-0.15, -0.1) is 13.2 Å². The van der Waals surface area contributed by atoms with Gasteiger partial charge < -0.3 is 19.7 Å². The van der Waals surface area contributed by atoms with Crippen LogP contribution in [0.4, 0.5) is 13.2 Å². The second-order valence-electron chi connectivity index (χ2n) is 5.98. The Balaban J connectivity index is 1.83. The third kappa shape index (κ3) is 6.21. The highest BCUT2D eigenvalue weighted by Crippen LogP contribution is 2.23. The summed E-state index contributed by atoms with van der Waals surface area (Å²) in [5.74, 6) is -0.800. The molecule has 1 heterocycles. The van der Waals surface area contributed by atoms with Crippen LogP contribution in [-0.2, 0) is 20.9 Å². The summed E-state index contributed by atoms with van der Waals surface area (Å²) >= 11 is 0. The number of hydrogen-bond acceptors (Lipinski definition) is 4. The third-order valence-corrected chi connectivity index (χ3v) is 4.06. The number of hydrogen-bond donors (Lipinski definition) is 1. The lowest BCUT2D eigenvalue weighted by Gasteiger charge is -2.31. The summed E-state index contributed by atoms with van der Waals surface area (Å²) in [7, 11) is 1.55. The molecule has 0 radical (unpaired) electrons. The normalized spacial score (nSPS) is 17.9. The van der Waals surface area contributed by atoms with Crippen molar-refractivity contribution >= 4 is 11.8 Å². The smallest absolute Gasteiger partial charge is 0.406 e. The fourth-order valence-electron chi connectivity index (χ4n) is 2.69. The first-order chi connectivity index (χ1) is 12.3. The summed E-state index contributed by atoms with van der Waals surface area (Å²) in [5.41, 5.74) is 0.649. The standard InChI is InChI=1S/C17H21F3N2O4/c1-25-9-8-22-11-13(4-7-15(22)23)16(24)21-10-12-2-5-14(6-3-12)26-17(18,19)20/h2-3,5-6,13H,4,7-11H2,1H3,(H,21,24)/t13-/m0/s1. The average Bonchev–Trinajstić information content (AvgIpc) is 2.59. The lowest BCUT2D eigenvalue weighted by atomic mass is 9.96. The SMILES string of the molecule is COCCN1C[C@@H](C(=O)NCc2ccc(OC(F)(F)F)cc2)CCC1=O. The molecule has 0 spiro atoms. The van der Waals surface area contributed by atoms with Crippen molar-refractivity contribution < 1.29 is 32.2 Å². The highest BCUT2D eigenvalue weighted by atomic mass is 19.4. The van der Waals surface area contributed by atoms with Crippen LogP contribution in [0, 0.1) is 5.92 Å². The quantitative estimate of drug-likeness (QED) is 0.794. The number of nitrogens with zero attached hydrogens (tertiary/aromatic N) is 1. The van der Waals surface area contributed by atoms with Crippen molar-refractivity contribution in [2.24, 2.45) is 5.92 Å². The first kappa shape index (κ1) is 20.0. The minimum atomic E-state index is -4.73. The Morgan fingerprint density at radius 2 is 2.00 bits per heavy atom. The monoisotopic (exact) mass is 374 g/mol. The van der Waals surface area contributed by atoms with Crippen LogP contribution in [0.2, 0.25) is 0 Å². The number of amides is 2. The van der Waals surface area contributed by atoms with E-state index in [0.29, 0.717) is 38.1 Å². The van der Waals surface area contributed by atoms with Gasteiger partial charge in [0, 0.05) is 33.2 Å². The zero-order valence-electron chi connectivity index (χ0n) is 14.3. The molecular weight excluding hydrogens is 353 g/mol. The van der Waals surface area contributed by atoms with Gasteiger partial charge in [-0.3, -0.25) is 9.59 Å². The summed E-state index contributed by atoms with van der Waals surface area (Å²) in [5, 5.41) is 2.76. The molecule has 0 aromatic heterocycles. The van der Waals surface area contributed by atoms with Crippen LogP contribution in [-0.4, -0.2) is 49.9 Å². The zero-order valence-corrected chi connectivity index (χ0v) is 14.3. The maximum atomic E-state index is 12.3. The summed E-state index contributed by atoms with van der Waals surface area (Å²) in [6.45, 7) is 1.38. The van der Waals surface area contributed by atoms with Gasteiger partial charge in [-0.1, -0.05) is 12.1 Å². The van der Waals surface area contributed by atoms with E-state index >= 15 is 0 Å². The number of rotatable bonds is 7. The summed E-state index contributed by atoms with van der Waals surface area (Å²) < 4.78 is 45.1. The van der Waals surface area contributed by atoms with Crippen LogP contribution >= 0.6 is 0 Å². The minimum absolute atomic E-state index is 0.00588. The van der Waals surface area contributed by atoms with Crippen molar-refractivity contribution in [3.8, 4) is 5.75 Å². The number of carbonyl (C=O) groups excluding carboxylic acids is 2. The topological polar surface area (TPSA) is 67.9 Å². The van der Waals surface area contributed by atoms with Gasteiger partial charge in [-0.05, 0) is 24.1 Å². The Morgan fingerprint density at radius 3 is 2.62 bits per heavy atom. The van der Waals surface area contributed by atoms with Crippen LogP contribution < -0.4 is 10.1 Å². The Morgan fingerprint density at radius 1 is 1.31 bits per heavy atom. The lowest BCUT2D eigenvalue weighted by Crippen LogP contribution is -2.46. The van der Waals surface area contributed by atoms with Gasteiger partial charge in [0.25, 0.3) is 0 Å². The van der Waals surface area contributed by atoms with Gasteiger partial charge in [0.15, 0.2) is 0 Å². The second-order valence-corrected chi connectivity index (χ2v) is 5.98. The molecule has 0 unspecified atom stereocenters. The molecule has 0 aliphatic carbocycles. The van der Waals surface area contributed by atoms with E-state index in [9.17, 15) is 22.8 Å². The van der Waals surface area contributed by atoms with Gasteiger partial charge in [-0.2, -0.15) is 0 Å². The van der Waals surface area contributed by atoms with Crippen LogP contribution in [0.1, 0.15) is 18.4 Å². The van der Waals surface area contributed by atoms with Crippen LogP contribution in [0.25, 0.3) is 0 Å². The van der Waals surface area contributed by atoms with E-state index in [1.165, 1.54) is 24.3 Å². The summed E-state index contributed by atoms with van der Waals surface area (Å²) in [6.07, 6.45) is -3.94. The lowest BCUT2D eigenvalue weighted by molar-refractivity contribution is -0.274. The average molecular weight is 374 g/mol. The van der Waals surface area contributed by atoms with E-state index in [-0.39, 0.29) is 30.0 Å². The minimum Gasteiger partial charge on any atom is -0.406 e. The fourth-order valence-corrected chi connectivity index (χ4v) is 2.69. The van der Waals surface area contributed by atoms with Crippen molar-refractivity contribution in [3.05, 3.63) is 29.8 Å². The molecule has 1 aromatic rings. The van der Waals surface area contributed by atoms with Crippen LogP contribution in [0.5, 0.6) is 5.75 Å². The van der Waals surface area contributed by atoms with Crippen molar-refractivity contribution in [2.45, 2.75) is 25.7 Å². The van der Waals surface area contributed by atoms with Gasteiger partial charge in [0.1, 0.15) is 5.75 Å². The van der Waals surface area contributed by atoms with E-state index in [1.54, 1.807) is 12.0 Å². The summed E-state index contributed by atoms with van der Waals surface area (Å²) in [6, 6.07) is 5.30. The number of halogens is 3. The number of ether oxygens (including phenoxy) is 2. The second kappa shape index (κ2) is 8.88. The number of likely N-dealkylation sites (tertiary alicyclic amines) is 1. The first-order valence-corrected chi connectivity index (χ1v) is 8.17. The predicted molar refractivity (Wildman–Crippen MR) is 86.2 cm³/mol. The summed E-state index contributed by atoms with van der Waals surface area (Å²) in [4.78, 5) is 25.7. The molecule has 9 heteroatoms. The van der Waals surface area contributed by atoms with Gasteiger partial charge >= 0.3 is 6.36 Å². The van der Waals surface area contributed by atoms with Gasteiger partial charge in [0.05, 0.1) is 12.5 Å². The molecule has 1 N–H and O–H groups in total. The van der Waals surface area contributed by atoms with E-state index in [0.717, 1.165) is 0 Å². The molecule has 6 nitrogen and oxygen atoms in total. The molecular formula is C17H21F3N2O4. The Bertz CT molecular complexity index is 619. The molecule has 144 valence electrons. The molecule has 2 amide bonds. The molecule has 1 aromatic carbocycles. The van der Waals surface area contributed by atoms with Crippen molar-refractivity contribution in [3.63, 3.8) is 0 Å². The first-order valence-electron chi connectivity index (χ1n) is 8.17. The fraction of sp³-hybridized carbons (Fsp3) is 0.529. The molecule has 1 saturated heterocycles. The zero-order chi connectivity index (χ0) is 19.2. The Hall–Kier alpha value is -2.29. The van der Waals surface area contributed by atoms with E-state index in [4.69, 9.17) is 4.74 Å². The number of piperidine rings is 1. The molecule has 2 rings (SSSR count). The Kier molecular flexibility index (Phi) is 6.84. The predicted octanol–water partition coefficient (Wildman–Crippen LogP) is 2.09. The number of carbonyl (C=O) groups is 2. The number of nitrogens with one attached hydrogen (secondary N) is 1. The van der Waals surface area contributed by atoms with E-state index in [2.05, 4.69) is 10.1 Å². The van der Waals surface area contributed by atoms with Gasteiger partial charge in [-0.25, -0.2) is 0 Å². The molecule has 0 bridgehead atoms. The highest BCUT2D eigenvalue weighted by molar-refractivity contribution is 5.83.